The molecule has 0 N–H and O–H groups in total. The van der Waals surface area contributed by atoms with Gasteiger partial charge in [-0.25, -0.2) is 4.98 Å². The van der Waals surface area contributed by atoms with Gasteiger partial charge in [0.15, 0.2) is 17.3 Å². The molecule has 0 spiro atoms. The Morgan fingerprint density at radius 3 is 2.52 bits per heavy atom. The molecule has 0 aliphatic heterocycles. The van der Waals surface area contributed by atoms with Crippen molar-refractivity contribution in [3.63, 3.8) is 0 Å². The zero-order valence-corrected chi connectivity index (χ0v) is 24.8. The van der Waals surface area contributed by atoms with Crippen LogP contribution in [0.25, 0.3) is 33.5 Å². The Labute approximate surface area is 259 Å². The number of rotatable bonds is 7. The molecule has 11 heteroatoms. The van der Waals surface area contributed by atoms with Crippen molar-refractivity contribution < 1.29 is 13.9 Å². The van der Waals surface area contributed by atoms with E-state index in [9.17, 15) is 4.79 Å². The van der Waals surface area contributed by atoms with E-state index in [0.29, 0.717) is 65.0 Å². The number of ether oxygens (including phenoxy) is 2. The van der Waals surface area contributed by atoms with Crippen LogP contribution >= 0.6 is 46.4 Å². The normalized spacial score (nSPS) is 11.5. The number of benzene rings is 4. The van der Waals surface area contributed by atoms with E-state index in [1.807, 2.05) is 0 Å². The van der Waals surface area contributed by atoms with Crippen LogP contribution in [0.15, 0.2) is 93.2 Å². The Morgan fingerprint density at radius 1 is 0.929 bits per heavy atom. The molecule has 7 nitrogen and oxygen atoms in total. The van der Waals surface area contributed by atoms with E-state index in [2.05, 4.69) is 5.10 Å². The number of halogens is 4. The Bertz CT molecular complexity index is 2070. The van der Waals surface area contributed by atoms with Crippen LogP contribution in [0.1, 0.15) is 11.1 Å². The number of fused-ring (bicyclic) bond motifs is 2. The summed E-state index contributed by atoms with van der Waals surface area (Å²) in [5.41, 5.74) is 1.85. The molecule has 0 aliphatic carbocycles. The first-order valence-corrected chi connectivity index (χ1v) is 14.0. The van der Waals surface area contributed by atoms with Crippen LogP contribution in [0, 0.1) is 0 Å². The summed E-state index contributed by atoms with van der Waals surface area (Å²) in [5.74, 6) is 1.25. The maximum absolute atomic E-state index is 13.7. The number of hydrogen-bond acceptors (Lipinski definition) is 6. The largest absolute Gasteiger partial charge is 0.493 e. The summed E-state index contributed by atoms with van der Waals surface area (Å²) in [6.45, 7) is 0.110. The zero-order chi connectivity index (χ0) is 29.4. The first kappa shape index (κ1) is 28.1. The number of aromatic nitrogens is 2. The Hall–Kier alpha value is -4.01. The molecule has 0 unspecified atom stereocenters. The summed E-state index contributed by atoms with van der Waals surface area (Å²) in [6, 6.07) is 22.4. The Morgan fingerprint density at radius 2 is 1.71 bits per heavy atom. The molecule has 210 valence electrons. The fourth-order valence-electron chi connectivity index (χ4n) is 4.41. The highest BCUT2D eigenvalue weighted by molar-refractivity contribution is 6.35. The maximum atomic E-state index is 13.7. The van der Waals surface area contributed by atoms with Gasteiger partial charge in [-0.3, -0.25) is 4.79 Å². The molecule has 42 heavy (non-hydrogen) atoms. The van der Waals surface area contributed by atoms with Crippen molar-refractivity contribution in [2.75, 3.05) is 7.11 Å². The van der Waals surface area contributed by atoms with E-state index < -0.39 is 5.56 Å². The summed E-state index contributed by atoms with van der Waals surface area (Å²) < 4.78 is 18.9. The lowest BCUT2D eigenvalue weighted by atomic mass is 10.2. The third kappa shape index (κ3) is 5.56. The van der Waals surface area contributed by atoms with E-state index in [1.165, 1.54) is 18.0 Å². The van der Waals surface area contributed by atoms with Crippen LogP contribution in [-0.2, 0) is 6.61 Å². The second kappa shape index (κ2) is 11.7. The molecule has 6 aromatic rings. The van der Waals surface area contributed by atoms with Crippen molar-refractivity contribution in [3.05, 3.63) is 120 Å². The van der Waals surface area contributed by atoms with Crippen LogP contribution in [0.3, 0.4) is 0 Å². The van der Waals surface area contributed by atoms with Gasteiger partial charge in [0.2, 0.25) is 5.82 Å². The smallest absolute Gasteiger partial charge is 0.282 e. The topological polar surface area (TPSA) is 78.9 Å². The van der Waals surface area contributed by atoms with Crippen molar-refractivity contribution in [2.45, 2.75) is 6.61 Å². The molecular weight excluding hydrogens is 620 g/mol. The van der Waals surface area contributed by atoms with E-state index in [4.69, 9.17) is 65.3 Å². The highest BCUT2D eigenvalue weighted by Gasteiger charge is 2.18. The van der Waals surface area contributed by atoms with Crippen LogP contribution < -0.4 is 15.0 Å². The Kier molecular flexibility index (Phi) is 7.84. The van der Waals surface area contributed by atoms with Crippen LogP contribution in [0.2, 0.25) is 20.1 Å². The number of methoxy groups -OCH3 is 1. The maximum Gasteiger partial charge on any atom is 0.282 e. The first-order valence-electron chi connectivity index (χ1n) is 12.5. The van der Waals surface area contributed by atoms with Gasteiger partial charge in [0.1, 0.15) is 12.2 Å². The summed E-state index contributed by atoms with van der Waals surface area (Å²) in [4.78, 5) is 18.4. The summed E-state index contributed by atoms with van der Waals surface area (Å²) in [6.07, 6.45) is 1.45. The van der Waals surface area contributed by atoms with Gasteiger partial charge in [-0.15, -0.1) is 0 Å². The van der Waals surface area contributed by atoms with Crippen molar-refractivity contribution in [1.82, 2.24) is 9.66 Å². The minimum absolute atomic E-state index is 0.110. The fraction of sp³-hybridized carbons (Fsp3) is 0.0645. The van der Waals surface area contributed by atoms with Gasteiger partial charge in [-0.1, -0.05) is 64.6 Å². The molecule has 2 aromatic heterocycles. The van der Waals surface area contributed by atoms with E-state index in [0.717, 1.165) is 5.39 Å². The molecular formula is C31H19Cl4N3O4. The third-order valence-electron chi connectivity index (χ3n) is 6.42. The quantitative estimate of drug-likeness (QED) is 0.163. The van der Waals surface area contributed by atoms with Gasteiger partial charge >= 0.3 is 0 Å². The monoisotopic (exact) mass is 637 g/mol. The standard InChI is InChI=1S/C31H19Cl4N3O4/c1-40-27-14-22(34)11-19(29(27)41-16-17-6-7-21(33)13-24(17)35)15-36-38-30(37-25-5-3-2-4-23(25)31(38)39)28-12-18-10-20(32)8-9-26(18)42-28/h2-15H,16H2,1H3. The lowest BCUT2D eigenvalue weighted by Crippen LogP contribution is -2.20. The average molecular weight is 639 g/mol. The third-order valence-corrected chi connectivity index (χ3v) is 7.46. The van der Waals surface area contributed by atoms with Gasteiger partial charge in [0.05, 0.1) is 24.2 Å². The van der Waals surface area contributed by atoms with Crippen LogP contribution in [0.5, 0.6) is 11.5 Å². The predicted molar refractivity (Wildman–Crippen MR) is 168 cm³/mol. The average Bonchev–Trinajstić information content (AvgIpc) is 3.39. The van der Waals surface area contributed by atoms with Crippen molar-refractivity contribution in [3.8, 4) is 23.1 Å². The summed E-state index contributed by atoms with van der Waals surface area (Å²) in [5, 5.41) is 7.59. The molecule has 0 fully saturated rings. The molecule has 6 rings (SSSR count). The minimum Gasteiger partial charge on any atom is -0.493 e. The van der Waals surface area contributed by atoms with Gasteiger partial charge in [-0.05, 0) is 54.6 Å². The van der Waals surface area contributed by atoms with Gasteiger partial charge < -0.3 is 13.9 Å². The van der Waals surface area contributed by atoms with Crippen molar-refractivity contribution in [1.29, 1.82) is 0 Å². The number of para-hydroxylation sites is 1. The molecule has 0 amide bonds. The lowest BCUT2D eigenvalue weighted by molar-refractivity contribution is 0.284. The molecule has 0 saturated carbocycles. The number of hydrogen-bond donors (Lipinski definition) is 0. The highest BCUT2D eigenvalue weighted by atomic mass is 35.5. The molecule has 0 atom stereocenters. The SMILES string of the molecule is COc1cc(Cl)cc(C=Nn2c(-c3cc4cc(Cl)ccc4o3)nc3ccccc3c2=O)c1OCc1ccc(Cl)cc1Cl. The van der Waals surface area contributed by atoms with Crippen molar-refractivity contribution >= 4 is 74.5 Å². The predicted octanol–water partition coefficient (Wildman–Crippen LogP) is 8.89. The molecule has 2 heterocycles. The second-order valence-corrected chi connectivity index (χ2v) is 10.9. The van der Waals surface area contributed by atoms with Crippen LogP contribution in [-0.4, -0.2) is 23.0 Å². The number of furan rings is 1. The molecule has 0 radical (unpaired) electrons. The molecule has 0 saturated heterocycles. The van der Waals surface area contributed by atoms with Crippen LogP contribution in [0.4, 0.5) is 0 Å². The molecule has 0 bridgehead atoms. The zero-order valence-electron chi connectivity index (χ0n) is 21.8. The van der Waals surface area contributed by atoms with Crippen molar-refractivity contribution in [2.24, 2.45) is 5.10 Å². The van der Waals surface area contributed by atoms with Gasteiger partial charge in [0, 0.05) is 42.7 Å². The molecule has 0 aliphatic rings. The Balaban J connectivity index is 1.47. The second-order valence-electron chi connectivity index (χ2n) is 9.16. The van der Waals surface area contributed by atoms with E-state index >= 15 is 0 Å². The number of nitrogens with zero attached hydrogens (tertiary/aromatic N) is 3. The van der Waals surface area contributed by atoms with Gasteiger partial charge in [-0.2, -0.15) is 9.78 Å². The van der Waals surface area contributed by atoms with Gasteiger partial charge in [0.25, 0.3) is 5.56 Å². The lowest BCUT2D eigenvalue weighted by Gasteiger charge is -2.15. The fourth-order valence-corrected chi connectivity index (χ4v) is 5.27. The first-order chi connectivity index (χ1) is 20.3. The van der Waals surface area contributed by atoms with E-state index in [1.54, 1.807) is 78.9 Å². The summed E-state index contributed by atoms with van der Waals surface area (Å²) in [7, 11) is 1.50. The highest BCUT2D eigenvalue weighted by Crippen LogP contribution is 2.35. The molecule has 4 aromatic carbocycles. The summed E-state index contributed by atoms with van der Waals surface area (Å²) >= 11 is 25.0. The van der Waals surface area contributed by atoms with E-state index in [-0.39, 0.29) is 12.4 Å². The minimum atomic E-state index is -0.394.